The number of benzene rings is 1. The van der Waals surface area contributed by atoms with Gasteiger partial charge in [0.15, 0.2) is 0 Å². The molecule has 0 radical (unpaired) electrons. The normalized spacial score (nSPS) is 12.7. The van der Waals surface area contributed by atoms with Gasteiger partial charge in [-0.3, -0.25) is 0 Å². The molecule has 0 aliphatic carbocycles. The fourth-order valence-corrected chi connectivity index (χ4v) is 3.39. The number of halogens is 3. The molecule has 0 amide bonds. The van der Waals surface area contributed by atoms with Gasteiger partial charge in [0.1, 0.15) is 10.8 Å². The molecule has 0 saturated carbocycles. The average Bonchev–Trinajstić information content (AvgIpc) is 2.89. The van der Waals surface area contributed by atoms with Crippen LogP contribution in [0.15, 0.2) is 18.3 Å². The van der Waals surface area contributed by atoms with Crippen LogP contribution in [0.1, 0.15) is 35.3 Å². The van der Waals surface area contributed by atoms with E-state index >= 15 is 0 Å². The molecule has 0 saturated heterocycles. The smallest absolute Gasteiger partial charge is 0.142 e. The van der Waals surface area contributed by atoms with Crippen molar-refractivity contribution in [1.82, 2.24) is 10.3 Å². The van der Waals surface area contributed by atoms with Crippen LogP contribution in [0.2, 0.25) is 10.0 Å². The van der Waals surface area contributed by atoms with Gasteiger partial charge in [-0.15, -0.1) is 11.3 Å². The third kappa shape index (κ3) is 3.50. The van der Waals surface area contributed by atoms with Crippen LogP contribution in [0.3, 0.4) is 0 Å². The zero-order valence-electron chi connectivity index (χ0n) is 11.2. The van der Waals surface area contributed by atoms with Gasteiger partial charge in [-0.25, -0.2) is 9.37 Å². The van der Waals surface area contributed by atoms with E-state index in [-0.39, 0.29) is 11.1 Å². The molecule has 0 spiro atoms. The number of thiazole rings is 1. The van der Waals surface area contributed by atoms with Crippen LogP contribution in [0.4, 0.5) is 4.39 Å². The van der Waals surface area contributed by atoms with E-state index in [4.69, 9.17) is 23.2 Å². The molecule has 6 heteroatoms. The van der Waals surface area contributed by atoms with E-state index < -0.39 is 5.82 Å². The lowest BCUT2D eigenvalue weighted by Crippen LogP contribution is -2.19. The van der Waals surface area contributed by atoms with Gasteiger partial charge in [0.2, 0.25) is 0 Å². The van der Waals surface area contributed by atoms with Crippen molar-refractivity contribution in [2.45, 2.75) is 32.9 Å². The van der Waals surface area contributed by atoms with E-state index in [1.54, 1.807) is 11.3 Å². The first-order chi connectivity index (χ1) is 9.52. The number of hydrogen-bond donors (Lipinski definition) is 1. The molecule has 0 aliphatic rings. The summed E-state index contributed by atoms with van der Waals surface area (Å²) in [5.74, 6) is -0.456. The predicted octanol–water partition coefficient (Wildman–Crippen LogP) is 5.00. The first-order valence-electron chi connectivity index (χ1n) is 6.33. The van der Waals surface area contributed by atoms with E-state index in [2.05, 4.69) is 17.2 Å². The van der Waals surface area contributed by atoms with E-state index in [0.29, 0.717) is 17.1 Å². The Balaban J connectivity index is 2.08. The van der Waals surface area contributed by atoms with Crippen molar-refractivity contribution in [1.29, 1.82) is 0 Å². The molecule has 2 nitrogen and oxygen atoms in total. The third-order valence-corrected chi connectivity index (χ3v) is 4.88. The molecule has 20 heavy (non-hydrogen) atoms. The predicted molar refractivity (Wildman–Crippen MR) is 83.2 cm³/mol. The molecule has 1 aromatic heterocycles. The lowest BCUT2D eigenvalue weighted by atomic mass is 10.1. The van der Waals surface area contributed by atoms with Gasteiger partial charge in [-0.2, -0.15) is 0 Å². The first kappa shape index (κ1) is 15.7. The number of hydrogen-bond acceptors (Lipinski definition) is 3. The molecular formula is C14H15Cl2FN2S. The summed E-state index contributed by atoms with van der Waals surface area (Å²) < 4.78 is 13.5. The zero-order chi connectivity index (χ0) is 14.7. The van der Waals surface area contributed by atoms with Crippen molar-refractivity contribution >= 4 is 34.5 Å². The van der Waals surface area contributed by atoms with Gasteiger partial charge < -0.3 is 5.32 Å². The monoisotopic (exact) mass is 332 g/mol. The summed E-state index contributed by atoms with van der Waals surface area (Å²) in [5, 5.41) is 4.81. The SMILES string of the molecule is CCc1cnc(CNC(C)c2c(Cl)ccc(F)c2Cl)s1. The second kappa shape index (κ2) is 6.85. The van der Waals surface area contributed by atoms with Crippen molar-refractivity contribution in [3.63, 3.8) is 0 Å². The van der Waals surface area contributed by atoms with Gasteiger partial charge in [-0.1, -0.05) is 30.1 Å². The van der Waals surface area contributed by atoms with Crippen LogP contribution >= 0.6 is 34.5 Å². The Bertz CT molecular complexity index is 601. The maximum Gasteiger partial charge on any atom is 0.142 e. The molecule has 1 atom stereocenters. The highest BCUT2D eigenvalue weighted by Crippen LogP contribution is 2.32. The second-order valence-corrected chi connectivity index (χ2v) is 6.42. The molecule has 2 rings (SSSR count). The number of nitrogens with zero attached hydrogens (tertiary/aromatic N) is 1. The van der Waals surface area contributed by atoms with Crippen molar-refractivity contribution in [2.75, 3.05) is 0 Å². The van der Waals surface area contributed by atoms with Crippen molar-refractivity contribution in [3.8, 4) is 0 Å². The summed E-state index contributed by atoms with van der Waals surface area (Å²) in [4.78, 5) is 5.58. The average molecular weight is 333 g/mol. The van der Waals surface area contributed by atoms with Gasteiger partial charge >= 0.3 is 0 Å². The highest BCUT2D eigenvalue weighted by Gasteiger charge is 2.17. The van der Waals surface area contributed by atoms with Crippen LogP contribution in [-0.4, -0.2) is 4.98 Å². The number of aryl methyl sites for hydroxylation is 1. The van der Waals surface area contributed by atoms with Gasteiger partial charge in [-0.05, 0) is 25.5 Å². The molecule has 0 fully saturated rings. The first-order valence-corrected chi connectivity index (χ1v) is 7.90. The Labute approximate surface area is 131 Å². The van der Waals surface area contributed by atoms with Gasteiger partial charge in [0.05, 0.1) is 5.02 Å². The summed E-state index contributed by atoms with van der Waals surface area (Å²) in [6.07, 6.45) is 2.86. The van der Waals surface area contributed by atoms with Crippen molar-refractivity contribution < 1.29 is 4.39 Å². The fraction of sp³-hybridized carbons (Fsp3) is 0.357. The summed E-state index contributed by atoms with van der Waals surface area (Å²) >= 11 is 13.8. The Kier molecular flexibility index (Phi) is 5.38. The number of nitrogens with one attached hydrogen (secondary N) is 1. The van der Waals surface area contributed by atoms with Crippen molar-refractivity contribution in [3.05, 3.63) is 49.6 Å². The number of aromatic nitrogens is 1. The minimum atomic E-state index is -0.456. The minimum absolute atomic E-state index is 0.0749. The van der Waals surface area contributed by atoms with Gasteiger partial charge in [0.25, 0.3) is 0 Å². The zero-order valence-corrected chi connectivity index (χ0v) is 13.5. The molecule has 1 heterocycles. The summed E-state index contributed by atoms with van der Waals surface area (Å²) in [6, 6.07) is 2.64. The molecule has 1 aromatic carbocycles. The quantitative estimate of drug-likeness (QED) is 0.779. The molecule has 1 unspecified atom stereocenters. The molecule has 108 valence electrons. The lowest BCUT2D eigenvalue weighted by molar-refractivity contribution is 0.564. The number of rotatable bonds is 5. The molecule has 1 N–H and O–H groups in total. The van der Waals surface area contributed by atoms with E-state index in [0.717, 1.165) is 11.4 Å². The largest absolute Gasteiger partial charge is 0.304 e. The molecule has 0 bridgehead atoms. The Morgan fingerprint density at radius 2 is 2.15 bits per heavy atom. The van der Waals surface area contributed by atoms with Crippen LogP contribution in [0, 0.1) is 5.82 Å². The topological polar surface area (TPSA) is 24.9 Å². The fourth-order valence-electron chi connectivity index (χ4n) is 1.88. The Hall–Kier alpha value is -0.680. The Morgan fingerprint density at radius 3 is 2.80 bits per heavy atom. The molecular weight excluding hydrogens is 318 g/mol. The summed E-state index contributed by atoms with van der Waals surface area (Å²) in [7, 11) is 0. The molecule has 0 aliphatic heterocycles. The van der Waals surface area contributed by atoms with Crippen LogP contribution in [0.5, 0.6) is 0 Å². The van der Waals surface area contributed by atoms with E-state index in [9.17, 15) is 4.39 Å². The lowest BCUT2D eigenvalue weighted by Gasteiger charge is -2.16. The van der Waals surface area contributed by atoms with Gasteiger partial charge in [0, 0.05) is 34.2 Å². The van der Waals surface area contributed by atoms with E-state index in [1.807, 2.05) is 13.1 Å². The van der Waals surface area contributed by atoms with Crippen LogP contribution in [-0.2, 0) is 13.0 Å². The highest BCUT2D eigenvalue weighted by atomic mass is 35.5. The highest BCUT2D eigenvalue weighted by molar-refractivity contribution is 7.11. The maximum absolute atomic E-state index is 13.5. The van der Waals surface area contributed by atoms with E-state index in [1.165, 1.54) is 17.0 Å². The second-order valence-electron chi connectivity index (χ2n) is 4.43. The maximum atomic E-state index is 13.5. The minimum Gasteiger partial charge on any atom is -0.304 e. The van der Waals surface area contributed by atoms with Crippen molar-refractivity contribution in [2.24, 2.45) is 0 Å². The molecule has 2 aromatic rings. The third-order valence-electron chi connectivity index (χ3n) is 3.02. The standard InChI is InChI=1S/C14H15Cl2FN2S/c1-3-9-6-19-12(20-9)7-18-8(2)13-10(15)4-5-11(17)14(13)16/h4-6,8,18H,3,7H2,1-2H3. The van der Waals surface area contributed by atoms with Crippen LogP contribution in [0.25, 0.3) is 0 Å². The van der Waals surface area contributed by atoms with Crippen LogP contribution < -0.4 is 5.32 Å². The summed E-state index contributed by atoms with van der Waals surface area (Å²) in [5.41, 5.74) is 0.584. The Morgan fingerprint density at radius 1 is 1.40 bits per heavy atom. The summed E-state index contributed by atoms with van der Waals surface area (Å²) in [6.45, 7) is 4.61.